The number of hydrogen-bond acceptors (Lipinski definition) is 3. The summed E-state index contributed by atoms with van der Waals surface area (Å²) >= 11 is 3.78. The predicted molar refractivity (Wildman–Crippen MR) is 61.2 cm³/mol. The summed E-state index contributed by atoms with van der Waals surface area (Å²) in [6, 6.07) is 0. The highest BCUT2D eigenvalue weighted by molar-refractivity contribution is 8.07. The first-order chi connectivity index (χ1) is 6.29. The molecular weight excluding hydrogens is 202 g/mol. The van der Waals surface area contributed by atoms with Gasteiger partial charge < -0.3 is 0 Å². The van der Waals surface area contributed by atoms with Crippen molar-refractivity contribution in [2.45, 2.75) is 36.8 Å². The maximum Gasteiger partial charge on any atom is 0.106 e. The fourth-order valence-electron chi connectivity index (χ4n) is 1.64. The lowest BCUT2D eigenvalue weighted by molar-refractivity contribution is 0.544. The van der Waals surface area contributed by atoms with Crippen LogP contribution in [0.15, 0.2) is 5.11 Å². The van der Waals surface area contributed by atoms with Gasteiger partial charge in [0.2, 0.25) is 0 Å². The number of thioether (sulfide) groups is 2. The summed E-state index contributed by atoms with van der Waals surface area (Å²) in [6.45, 7) is 4.27. The van der Waals surface area contributed by atoms with E-state index in [1.165, 1.54) is 5.75 Å². The fraction of sp³-hybridized carbons (Fsp3) is 1.00. The second-order valence-corrected chi connectivity index (χ2v) is 5.72. The molecule has 0 amide bonds. The molecule has 0 aromatic heterocycles. The van der Waals surface area contributed by atoms with Crippen LogP contribution in [0.25, 0.3) is 10.4 Å². The number of azide groups is 1. The molecule has 0 radical (unpaired) electrons. The highest BCUT2D eigenvalue weighted by Gasteiger charge is 2.38. The Hall–Kier alpha value is 0.01000. The number of rotatable bonds is 3. The summed E-state index contributed by atoms with van der Waals surface area (Å²) in [6.07, 6.45) is 2.03. The molecule has 2 atom stereocenters. The van der Waals surface area contributed by atoms with Crippen molar-refractivity contribution in [2.75, 3.05) is 11.5 Å². The van der Waals surface area contributed by atoms with Gasteiger partial charge in [-0.15, -0.1) is 11.8 Å². The second kappa shape index (κ2) is 5.03. The Morgan fingerprint density at radius 3 is 2.85 bits per heavy atom. The van der Waals surface area contributed by atoms with Crippen LogP contribution in [0.4, 0.5) is 0 Å². The van der Waals surface area contributed by atoms with Gasteiger partial charge in [0, 0.05) is 21.7 Å². The minimum atomic E-state index is -0.174. The topological polar surface area (TPSA) is 48.8 Å². The Morgan fingerprint density at radius 1 is 1.54 bits per heavy atom. The van der Waals surface area contributed by atoms with Gasteiger partial charge in [-0.3, -0.25) is 0 Å². The van der Waals surface area contributed by atoms with E-state index in [1.807, 2.05) is 23.5 Å². The largest absolute Gasteiger partial charge is 0.156 e. The molecule has 0 spiro atoms. The van der Waals surface area contributed by atoms with Gasteiger partial charge in [0.1, 0.15) is 4.87 Å². The van der Waals surface area contributed by atoms with Crippen molar-refractivity contribution in [1.82, 2.24) is 0 Å². The van der Waals surface area contributed by atoms with Crippen LogP contribution < -0.4 is 0 Å². The van der Waals surface area contributed by atoms with Crippen molar-refractivity contribution in [3.63, 3.8) is 0 Å². The van der Waals surface area contributed by atoms with E-state index in [9.17, 15) is 0 Å². The zero-order valence-electron chi connectivity index (χ0n) is 8.06. The Balaban J connectivity index is 2.84. The van der Waals surface area contributed by atoms with Crippen molar-refractivity contribution in [3.05, 3.63) is 10.4 Å². The van der Waals surface area contributed by atoms with Gasteiger partial charge in [-0.2, -0.15) is 11.8 Å². The molecule has 1 fully saturated rings. The highest BCUT2D eigenvalue weighted by atomic mass is 32.2. The summed E-state index contributed by atoms with van der Waals surface area (Å²) in [4.78, 5) is 2.82. The fourth-order valence-corrected chi connectivity index (χ4v) is 4.76. The molecule has 0 aromatic carbocycles. The van der Waals surface area contributed by atoms with Gasteiger partial charge in [0.25, 0.3) is 0 Å². The molecule has 1 heterocycles. The summed E-state index contributed by atoms with van der Waals surface area (Å²) in [5, 5.41) is 4.50. The summed E-state index contributed by atoms with van der Waals surface area (Å²) < 4.78 is 0. The molecule has 13 heavy (non-hydrogen) atoms. The van der Waals surface area contributed by atoms with Crippen LogP contribution in [-0.2, 0) is 0 Å². The van der Waals surface area contributed by atoms with Gasteiger partial charge in [-0.05, 0) is 18.4 Å². The molecule has 1 aliphatic rings. The van der Waals surface area contributed by atoms with E-state index in [0.717, 1.165) is 18.6 Å². The smallest absolute Gasteiger partial charge is 0.106 e. The Morgan fingerprint density at radius 2 is 2.31 bits per heavy atom. The molecule has 0 aromatic rings. The minimum absolute atomic E-state index is 0.174. The average molecular weight is 217 g/mol. The molecule has 1 aliphatic heterocycles. The van der Waals surface area contributed by atoms with E-state index in [-0.39, 0.29) is 4.87 Å². The first-order valence-corrected chi connectivity index (χ1v) is 6.64. The molecule has 0 unspecified atom stereocenters. The summed E-state index contributed by atoms with van der Waals surface area (Å²) in [5.41, 5.74) is 8.56. The Bertz CT molecular complexity index is 215. The normalized spacial score (nSPS) is 33.8. The Labute approximate surface area is 87.7 Å². The maximum absolute atomic E-state index is 8.56. The molecule has 1 rings (SSSR count). The first kappa shape index (κ1) is 11.1. The zero-order valence-corrected chi connectivity index (χ0v) is 9.70. The van der Waals surface area contributed by atoms with Crippen LogP contribution in [0.5, 0.6) is 0 Å². The third kappa shape index (κ3) is 2.27. The molecule has 1 saturated heterocycles. The van der Waals surface area contributed by atoms with Crippen molar-refractivity contribution in [2.24, 2.45) is 5.11 Å². The van der Waals surface area contributed by atoms with Crippen molar-refractivity contribution in [3.8, 4) is 0 Å². The third-order valence-corrected chi connectivity index (χ3v) is 5.88. The van der Waals surface area contributed by atoms with E-state index >= 15 is 0 Å². The standard InChI is InChI=1S/C8H15N3S2/c1-3-7-8(4-2,10-11-9)13-6-5-12-7/h7H,3-6H2,1-2H3/t7-,8+/m0/s1. The van der Waals surface area contributed by atoms with Crippen molar-refractivity contribution >= 4 is 23.5 Å². The zero-order chi connectivity index (χ0) is 9.73. The summed E-state index contributed by atoms with van der Waals surface area (Å²) in [5.74, 6) is 2.29. The lowest BCUT2D eigenvalue weighted by Crippen LogP contribution is -2.37. The van der Waals surface area contributed by atoms with E-state index in [1.54, 1.807) is 0 Å². The third-order valence-electron chi connectivity index (χ3n) is 2.35. The van der Waals surface area contributed by atoms with Gasteiger partial charge in [-0.1, -0.05) is 19.0 Å². The molecule has 5 heteroatoms. The van der Waals surface area contributed by atoms with Crippen LogP contribution in [0.3, 0.4) is 0 Å². The monoisotopic (exact) mass is 217 g/mol. The Kier molecular flexibility index (Phi) is 4.29. The van der Waals surface area contributed by atoms with Crippen molar-refractivity contribution < 1.29 is 0 Å². The molecule has 0 saturated carbocycles. The van der Waals surface area contributed by atoms with Gasteiger partial charge >= 0.3 is 0 Å². The molecule has 0 aliphatic carbocycles. The SMILES string of the molecule is CC[C@@H]1SCCS[C@@]1(CC)N=[N+]=[N-]. The van der Waals surface area contributed by atoms with Gasteiger partial charge in [0.15, 0.2) is 0 Å². The van der Waals surface area contributed by atoms with E-state index in [2.05, 4.69) is 23.9 Å². The van der Waals surface area contributed by atoms with Crippen LogP contribution in [0.2, 0.25) is 0 Å². The quantitative estimate of drug-likeness (QED) is 0.411. The maximum atomic E-state index is 8.56. The van der Waals surface area contributed by atoms with Crippen molar-refractivity contribution in [1.29, 1.82) is 0 Å². The van der Waals surface area contributed by atoms with Crippen LogP contribution >= 0.6 is 23.5 Å². The van der Waals surface area contributed by atoms with Gasteiger partial charge in [0.05, 0.1) is 0 Å². The molecular formula is C8H15N3S2. The van der Waals surface area contributed by atoms with E-state index < -0.39 is 0 Å². The number of nitrogens with zero attached hydrogens (tertiary/aromatic N) is 3. The first-order valence-electron chi connectivity index (χ1n) is 4.61. The molecule has 74 valence electrons. The van der Waals surface area contributed by atoms with Crippen LogP contribution in [0.1, 0.15) is 26.7 Å². The average Bonchev–Trinajstić information content (AvgIpc) is 2.19. The van der Waals surface area contributed by atoms with Crippen LogP contribution in [0, 0.1) is 0 Å². The van der Waals surface area contributed by atoms with E-state index in [0.29, 0.717) is 5.25 Å². The van der Waals surface area contributed by atoms with Gasteiger partial charge in [-0.25, -0.2) is 0 Å². The van der Waals surface area contributed by atoms with Crippen LogP contribution in [-0.4, -0.2) is 21.6 Å². The predicted octanol–water partition coefficient (Wildman–Crippen LogP) is 3.66. The lowest BCUT2D eigenvalue weighted by atomic mass is 10.1. The highest BCUT2D eigenvalue weighted by Crippen LogP contribution is 2.45. The molecule has 3 nitrogen and oxygen atoms in total. The second-order valence-electron chi connectivity index (χ2n) is 3.00. The number of hydrogen-bond donors (Lipinski definition) is 0. The molecule has 0 N–H and O–H groups in total. The molecule has 0 bridgehead atoms. The lowest BCUT2D eigenvalue weighted by Gasteiger charge is -2.38. The minimum Gasteiger partial charge on any atom is -0.156 e. The summed E-state index contributed by atoms with van der Waals surface area (Å²) in [7, 11) is 0. The van der Waals surface area contributed by atoms with E-state index in [4.69, 9.17) is 5.53 Å².